The summed E-state index contributed by atoms with van der Waals surface area (Å²) in [6, 6.07) is 7.90. The second kappa shape index (κ2) is 7.71. The summed E-state index contributed by atoms with van der Waals surface area (Å²) in [7, 11) is 3.64. The molecule has 0 aliphatic heterocycles. The number of carbonyl (C=O) groups is 1. The van der Waals surface area contributed by atoms with E-state index in [2.05, 4.69) is 4.90 Å². The quantitative estimate of drug-likeness (QED) is 0.695. The van der Waals surface area contributed by atoms with Crippen molar-refractivity contribution in [2.75, 3.05) is 27.3 Å². The van der Waals surface area contributed by atoms with Crippen LogP contribution in [-0.4, -0.2) is 38.2 Å². The Morgan fingerprint density at radius 3 is 2.72 bits per heavy atom. The monoisotopic (exact) mass is 251 g/mol. The first-order chi connectivity index (χ1) is 8.67. The normalized spacial score (nSPS) is 10.4. The molecule has 0 unspecified atom stereocenters. The maximum atomic E-state index is 11.2. The first kappa shape index (κ1) is 14.5. The van der Waals surface area contributed by atoms with Crippen molar-refractivity contribution in [3.05, 3.63) is 29.8 Å². The highest BCUT2D eigenvalue weighted by molar-refractivity contribution is 5.69. The van der Waals surface area contributed by atoms with Crippen LogP contribution in [0, 0.1) is 0 Å². The number of hydrogen-bond acceptors (Lipinski definition) is 4. The fourth-order valence-corrected chi connectivity index (χ4v) is 1.72. The zero-order chi connectivity index (χ0) is 13.4. The van der Waals surface area contributed by atoms with Crippen LogP contribution >= 0.6 is 0 Å². The van der Waals surface area contributed by atoms with E-state index in [1.807, 2.05) is 38.2 Å². The lowest BCUT2D eigenvalue weighted by atomic mass is 10.2. The molecule has 0 aromatic heterocycles. The van der Waals surface area contributed by atoms with Gasteiger partial charge < -0.3 is 14.4 Å². The number of benzene rings is 1. The molecule has 1 rings (SSSR count). The molecule has 0 aliphatic carbocycles. The summed E-state index contributed by atoms with van der Waals surface area (Å²) in [5, 5.41) is 0. The van der Waals surface area contributed by atoms with Crippen molar-refractivity contribution in [1.82, 2.24) is 4.90 Å². The number of para-hydroxylation sites is 1. The van der Waals surface area contributed by atoms with Gasteiger partial charge in [0, 0.05) is 18.7 Å². The van der Waals surface area contributed by atoms with Gasteiger partial charge in [0.05, 0.1) is 20.1 Å². The topological polar surface area (TPSA) is 38.8 Å². The Bertz CT molecular complexity index is 379. The lowest BCUT2D eigenvalue weighted by Gasteiger charge is -2.17. The van der Waals surface area contributed by atoms with Crippen molar-refractivity contribution in [1.29, 1.82) is 0 Å². The van der Waals surface area contributed by atoms with E-state index in [1.165, 1.54) is 0 Å². The first-order valence-electron chi connectivity index (χ1n) is 6.13. The van der Waals surface area contributed by atoms with Gasteiger partial charge in [-0.2, -0.15) is 0 Å². The standard InChI is InChI=1S/C14H21NO3/c1-4-18-14(16)9-10-15(2)11-12-7-5-6-8-13(12)17-3/h5-8H,4,9-11H2,1-3H3. The first-order valence-corrected chi connectivity index (χ1v) is 6.13. The average Bonchev–Trinajstić information content (AvgIpc) is 2.37. The number of nitrogens with zero attached hydrogens (tertiary/aromatic N) is 1. The van der Waals surface area contributed by atoms with Crippen LogP contribution in [0.25, 0.3) is 0 Å². The molecule has 0 spiro atoms. The summed E-state index contributed by atoms with van der Waals surface area (Å²) in [6.45, 7) is 3.69. The number of methoxy groups -OCH3 is 1. The highest BCUT2D eigenvalue weighted by Crippen LogP contribution is 2.18. The molecule has 0 atom stereocenters. The fourth-order valence-electron chi connectivity index (χ4n) is 1.72. The van der Waals surface area contributed by atoms with Crippen LogP contribution in [0.2, 0.25) is 0 Å². The molecule has 0 heterocycles. The van der Waals surface area contributed by atoms with E-state index in [9.17, 15) is 4.79 Å². The van der Waals surface area contributed by atoms with Gasteiger partial charge in [-0.05, 0) is 20.0 Å². The summed E-state index contributed by atoms with van der Waals surface area (Å²) >= 11 is 0. The molecule has 4 heteroatoms. The molecule has 0 saturated carbocycles. The third-order valence-electron chi connectivity index (χ3n) is 2.64. The van der Waals surface area contributed by atoms with Crippen LogP contribution < -0.4 is 4.74 Å². The Labute approximate surface area is 108 Å². The van der Waals surface area contributed by atoms with Crippen molar-refractivity contribution in [2.24, 2.45) is 0 Å². The molecule has 100 valence electrons. The summed E-state index contributed by atoms with van der Waals surface area (Å²) in [4.78, 5) is 13.3. The fraction of sp³-hybridized carbons (Fsp3) is 0.500. The third-order valence-corrected chi connectivity index (χ3v) is 2.64. The highest BCUT2D eigenvalue weighted by atomic mass is 16.5. The lowest BCUT2D eigenvalue weighted by molar-refractivity contribution is -0.143. The molecule has 1 aromatic rings. The molecule has 4 nitrogen and oxygen atoms in total. The molecule has 0 radical (unpaired) electrons. The van der Waals surface area contributed by atoms with Crippen LogP contribution in [0.3, 0.4) is 0 Å². The van der Waals surface area contributed by atoms with Crippen LogP contribution in [0.1, 0.15) is 18.9 Å². The largest absolute Gasteiger partial charge is 0.496 e. The van der Waals surface area contributed by atoms with Crippen molar-refractivity contribution in [3.63, 3.8) is 0 Å². The Balaban J connectivity index is 2.44. The van der Waals surface area contributed by atoms with E-state index in [0.717, 1.165) is 17.9 Å². The van der Waals surface area contributed by atoms with Gasteiger partial charge in [0.2, 0.25) is 0 Å². The SMILES string of the molecule is CCOC(=O)CCN(C)Cc1ccccc1OC. The molecule has 0 N–H and O–H groups in total. The minimum absolute atomic E-state index is 0.149. The van der Waals surface area contributed by atoms with Crippen LogP contribution in [0.5, 0.6) is 5.75 Å². The number of esters is 1. The molecule has 0 saturated heterocycles. The van der Waals surface area contributed by atoms with Crippen LogP contribution in [0.4, 0.5) is 0 Å². The number of rotatable bonds is 7. The van der Waals surface area contributed by atoms with Crippen molar-refractivity contribution in [3.8, 4) is 5.75 Å². The van der Waals surface area contributed by atoms with Crippen LogP contribution in [0.15, 0.2) is 24.3 Å². The van der Waals surface area contributed by atoms with E-state index in [-0.39, 0.29) is 5.97 Å². The van der Waals surface area contributed by atoms with Gasteiger partial charge in [-0.3, -0.25) is 4.79 Å². The Morgan fingerprint density at radius 1 is 1.33 bits per heavy atom. The summed E-state index contributed by atoms with van der Waals surface area (Å²) in [5.41, 5.74) is 1.12. The van der Waals surface area contributed by atoms with Gasteiger partial charge in [0.1, 0.15) is 5.75 Å². The zero-order valence-corrected chi connectivity index (χ0v) is 11.3. The third kappa shape index (κ3) is 4.75. The molecular weight excluding hydrogens is 230 g/mol. The summed E-state index contributed by atoms with van der Waals surface area (Å²) < 4.78 is 10.2. The summed E-state index contributed by atoms with van der Waals surface area (Å²) in [5.74, 6) is 0.727. The Hall–Kier alpha value is -1.55. The second-order valence-corrected chi connectivity index (χ2v) is 4.10. The van der Waals surface area contributed by atoms with Gasteiger partial charge in [-0.1, -0.05) is 18.2 Å². The van der Waals surface area contributed by atoms with Crippen LogP contribution in [-0.2, 0) is 16.1 Å². The van der Waals surface area contributed by atoms with E-state index in [1.54, 1.807) is 7.11 Å². The number of hydrogen-bond donors (Lipinski definition) is 0. The molecule has 0 fully saturated rings. The van der Waals surface area contributed by atoms with Gasteiger partial charge in [0.15, 0.2) is 0 Å². The second-order valence-electron chi connectivity index (χ2n) is 4.10. The van der Waals surface area contributed by atoms with E-state index in [4.69, 9.17) is 9.47 Å². The van der Waals surface area contributed by atoms with E-state index >= 15 is 0 Å². The van der Waals surface area contributed by atoms with Gasteiger partial charge in [-0.15, -0.1) is 0 Å². The number of ether oxygens (including phenoxy) is 2. The summed E-state index contributed by atoms with van der Waals surface area (Å²) in [6.07, 6.45) is 0.416. The molecule has 0 amide bonds. The smallest absolute Gasteiger partial charge is 0.307 e. The van der Waals surface area contributed by atoms with Gasteiger partial charge in [0.25, 0.3) is 0 Å². The minimum Gasteiger partial charge on any atom is -0.496 e. The number of carbonyl (C=O) groups excluding carboxylic acids is 1. The minimum atomic E-state index is -0.149. The van der Waals surface area contributed by atoms with Crippen molar-refractivity contribution >= 4 is 5.97 Å². The molecule has 18 heavy (non-hydrogen) atoms. The van der Waals surface area contributed by atoms with Gasteiger partial charge >= 0.3 is 5.97 Å². The van der Waals surface area contributed by atoms with Crippen molar-refractivity contribution < 1.29 is 14.3 Å². The van der Waals surface area contributed by atoms with E-state index < -0.39 is 0 Å². The van der Waals surface area contributed by atoms with E-state index in [0.29, 0.717) is 19.6 Å². The maximum Gasteiger partial charge on any atom is 0.307 e. The molecule has 1 aromatic carbocycles. The predicted octanol–water partition coefficient (Wildman–Crippen LogP) is 2.08. The zero-order valence-electron chi connectivity index (χ0n) is 11.3. The predicted molar refractivity (Wildman–Crippen MR) is 70.6 cm³/mol. The maximum absolute atomic E-state index is 11.2. The molecular formula is C14H21NO3. The Morgan fingerprint density at radius 2 is 2.06 bits per heavy atom. The molecule has 0 aliphatic rings. The highest BCUT2D eigenvalue weighted by Gasteiger charge is 2.08. The lowest BCUT2D eigenvalue weighted by Crippen LogP contribution is -2.22. The Kier molecular flexibility index (Phi) is 6.22. The molecule has 0 bridgehead atoms. The van der Waals surface area contributed by atoms with Gasteiger partial charge in [-0.25, -0.2) is 0 Å². The van der Waals surface area contributed by atoms with Crippen molar-refractivity contribution in [2.45, 2.75) is 19.9 Å². The average molecular weight is 251 g/mol.